The summed E-state index contributed by atoms with van der Waals surface area (Å²) in [6.07, 6.45) is 0.824. The monoisotopic (exact) mass is 146 g/mol. The van der Waals surface area contributed by atoms with Crippen molar-refractivity contribution in [3.63, 3.8) is 0 Å². The first-order valence-electron chi connectivity index (χ1n) is 3.39. The minimum Gasteiger partial charge on any atom is -0.402 e. The Bertz CT molecular complexity index is 87.5. The molecule has 0 rings (SSSR count). The van der Waals surface area contributed by atoms with Gasteiger partial charge in [-0.25, -0.2) is 0 Å². The van der Waals surface area contributed by atoms with E-state index < -0.39 is 7.32 Å². The molecule has 0 fully saturated rings. The summed E-state index contributed by atoms with van der Waals surface area (Å²) in [7, 11) is -1.62. The molecule has 0 bridgehead atoms. The summed E-state index contributed by atoms with van der Waals surface area (Å²) in [6.45, 7) is 6.60. The molecule has 2 N–H and O–H groups in total. The summed E-state index contributed by atoms with van der Waals surface area (Å²) in [5, 5.41) is 16.6. The Balaban J connectivity index is 3.21. The van der Waals surface area contributed by atoms with Gasteiger partial charge in [-0.3, -0.25) is 0 Å². The first-order chi connectivity index (χ1) is 4.42. The molecule has 60 valence electrons. The van der Waals surface area contributed by atoms with Crippen molar-refractivity contribution in [2.75, 3.05) is 6.61 Å². The molecule has 3 nitrogen and oxygen atoms in total. The van der Waals surface area contributed by atoms with E-state index in [1.807, 2.05) is 0 Å². The summed E-state index contributed by atoms with van der Waals surface area (Å²) >= 11 is 0. The van der Waals surface area contributed by atoms with Gasteiger partial charge in [-0.05, 0) is 11.8 Å². The predicted octanol–water partition coefficient (Wildman–Crippen LogP) is 0.409. The van der Waals surface area contributed by atoms with Gasteiger partial charge < -0.3 is 14.7 Å². The average molecular weight is 146 g/mol. The molecule has 0 amide bonds. The Morgan fingerprint density at radius 3 is 2.10 bits per heavy atom. The second-order valence-corrected chi connectivity index (χ2v) is 3.51. The van der Waals surface area contributed by atoms with E-state index in [1.54, 1.807) is 0 Å². The van der Waals surface area contributed by atoms with Crippen LogP contribution in [0.1, 0.15) is 27.2 Å². The highest BCUT2D eigenvalue weighted by atomic mass is 16.6. The van der Waals surface area contributed by atoms with Gasteiger partial charge in [-0.2, -0.15) is 0 Å². The van der Waals surface area contributed by atoms with Gasteiger partial charge in [-0.1, -0.05) is 20.8 Å². The smallest absolute Gasteiger partial charge is 0.402 e. The van der Waals surface area contributed by atoms with Crippen molar-refractivity contribution in [2.24, 2.45) is 5.41 Å². The molecule has 0 atom stereocenters. The molecule has 0 aromatic carbocycles. The van der Waals surface area contributed by atoms with E-state index in [2.05, 4.69) is 25.4 Å². The van der Waals surface area contributed by atoms with Crippen molar-refractivity contribution in [1.29, 1.82) is 0 Å². The van der Waals surface area contributed by atoms with Crippen LogP contribution in [0, 0.1) is 5.41 Å². The van der Waals surface area contributed by atoms with Gasteiger partial charge in [0.1, 0.15) is 0 Å². The highest BCUT2D eigenvalue weighted by molar-refractivity contribution is 6.32. The van der Waals surface area contributed by atoms with E-state index in [0.29, 0.717) is 6.61 Å². The van der Waals surface area contributed by atoms with Gasteiger partial charge in [0.15, 0.2) is 0 Å². The van der Waals surface area contributed by atoms with Crippen LogP contribution in [0.15, 0.2) is 0 Å². The standard InChI is InChI=1S/C6H15BO3/c1-6(2,3)4-5-10-7(8)9/h8-9H,4-5H2,1-3H3. The van der Waals surface area contributed by atoms with E-state index in [-0.39, 0.29) is 5.41 Å². The van der Waals surface area contributed by atoms with Crippen LogP contribution < -0.4 is 0 Å². The molecule has 0 unspecified atom stereocenters. The van der Waals surface area contributed by atoms with Gasteiger partial charge in [-0.15, -0.1) is 0 Å². The van der Waals surface area contributed by atoms with E-state index in [1.165, 1.54) is 0 Å². The van der Waals surface area contributed by atoms with E-state index in [9.17, 15) is 0 Å². The fourth-order valence-corrected chi connectivity index (χ4v) is 0.471. The van der Waals surface area contributed by atoms with E-state index in [4.69, 9.17) is 10.0 Å². The number of rotatable bonds is 3. The maximum absolute atomic E-state index is 8.28. The lowest BCUT2D eigenvalue weighted by Crippen LogP contribution is -2.20. The molecule has 4 heteroatoms. The molecular formula is C6H15BO3. The van der Waals surface area contributed by atoms with Gasteiger partial charge in [0.2, 0.25) is 0 Å². The summed E-state index contributed by atoms with van der Waals surface area (Å²) in [5.74, 6) is 0. The lowest BCUT2D eigenvalue weighted by atomic mass is 9.93. The molecule has 0 aromatic rings. The van der Waals surface area contributed by atoms with Crippen LogP contribution >= 0.6 is 0 Å². The van der Waals surface area contributed by atoms with Gasteiger partial charge >= 0.3 is 7.32 Å². The average Bonchev–Trinajstić information content (AvgIpc) is 1.59. The topological polar surface area (TPSA) is 49.7 Å². The van der Waals surface area contributed by atoms with Crippen LogP contribution in [-0.4, -0.2) is 24.0 Å². The molecule has 0 heterocycles. The zero-order valence-corrected chi connectivity index (χ0v) is 6.79. The Kier molecular flexibility index (Phi) is 3.94. The van der Waals surface area contributed by atoms with E-state index in [0.717, 1.165) is 6.42 Å². The molecule has 0 radical (unpaired) electrons. The fraction of sp³-hybridized carbons (Fsp3) is 1.00. The van der Waals surface area contributed by atoms with Crippen molar-refractivity contribution in [1.82, 2.24) is 0 Å². The third kappa shape index (κ3) is 7.94. The Morgan fingerprint density at radius 2 is 1.80 bits per heavy atom. The Hall–Kier alpha value is -0.0551. The molecular weight excluding hydrogens is 131 g/mol. The molecule has 0 spiro atoms. The zero-order valence-electron chi connectivity index (χ0n) is 6.79. The van der Waals surface area contributed by atoms with Gasteiger partial charge in [0, 0.05) is 6.61 Å². The van der Waals surface area contributed by atoms with Crippen LogP contribution in [0.5, 0.6) is 0 Å². The number of hydrogen-bond acceptors (Lipinski definition) is 3. The maximum Gasteiger partial charge on any atom is 0.633 e. The largest absolute Gasteiger partial charge is 0.633 e. The van der Waals surface area contributed by atoms with Gasteiger partial charge in [0.25, 0.3) is 0 Å². The number of hydrogen-bond donors (Lipinski definition) is 2. The highest BCUT2D eigenvalue weighted by Crippen LogP contribution is 2.17. The second-order valence-electron chi connectivity index (χ2n) is 3.51. The first kappa shape index (κ1) is 9.94. The van der Waals surface area contributed by atoms with Gasteiger partial charge in [0.05, 0.1) is 0 Å². The predicted molar refractivity (Wildman–Crippen MR) is 40.2 cm³/mol. The summed E-state index contributed by atoms with van der Waals surface area (Å²) in [4.78, 5) is 0. The lowest BCUT2D eigenvalue weighted by Gasteiger charge is -2.17. The zero-order chi connectivity index (χ0) is 8.20. The van der Waals surface area contributed by atoms with Crippen molar-refractivity contribution in [3.05, 3.63) is 0 Å². The minimum absolute atomic E-state index is 0.189. The maximum atomic E-state index is 8.28. The van der Waals surface area contributed by atoms with Crippen LogP contribution in [0.3, 0.4) is 0 Å². The third-order valence-electron chi connectivity index (χ3n) is 1.12. The molecule has 0 aliphatic carbocycles. The fourth-order valence-electron chi connectivity index (χ4n) is 0.471. The van der Waals surface area contributed by atoms with Crippen LogP contribution in [0.25, 0.3) is 0 Å². The van der Waals surface area contributed by atoms with Crippen molar-refractivity contribution < 1.29 is 14.7 Å². The molecule has 0 aromatic heterocycles. The van der Waals surface area contributed by atoms with E-state index >= 15 is 0 Å². The Morgan fingerprint density at radius 1 is 1.30 bits per heavy atom. The first-order valence-corrected chi connectivity index (χ1v) is 3.39. The molecule has 0 aliphatic rings. The second kappa shape index (κ2) is 3.96. The van der Waals surface area contributed by atoms with Crippen molar-refractivity contribution >= 4 is 7.32 Å². The summed E-state index contributed by atoms with van der Waals surface area (Å²) in [6, 6.07) is 0. The third-order valence-corrected chi connectivity index (χ3v) is 1.12. The van der Waals surface area contributed by atoms with Crippen LogP contribution in [0.4, 0.5) is 0 Å². The SMILES string of the molecule is CC(C)(C)CCOB(O)O. The van der Waals surface area contributed by atoms with Crippen LogP contribution in [-0.2, 0) is 4.65 Å². The van der Waals surface area contributed by atoms with Crippen molar-refractivity contribution in [2.45, 2.75) is 27.2 Å². The molecule has 0 aliphatic heterocycles. The Labute approximate surface area is 62.2 Å². The quantitative estimate of drug-likeness (QED) is 0.567. The van der Waals surface area contributed by atoms with Crippen molar-refractivity contribution in [3.8, 4) is 0 Å². The summed E-state index contributed by atoms with van der Waals surface area (Å²) in [5.41, 5.74) is 0.189. The van der Waals surface area contributed by atoms with Crippen LogP contribution in [0.2, 0.25) is 0 Å². The lowest BCUT2D eigenvalue weighted by molar-refractivity contribution is 0.160. The molecule has 10 heavy (non-hydrogen) atoms. The summed E-state index contributed by atoms with van der Waals surface area (Å²) < 4.78 is 4.53. The molecule has 0 saturated heterocycles. The highest BCUT2D eigenvalue weighted by Gasteiger charge is 2.13. The normalized spacial score (nSPS) is 11.7. The minimum atomic E-state index is -1.62. The molecule has 0 saturated carbocycles.